The Labute approximate surface area is 110 Å². The van der Waals surface area contributed by atoms with E-state index in [1.54, 1.807) is 0 Å². The highest BCUT2D eigenvalue weighted by atomic mass is 35.6. The van der Waals surface area contributed by atoms with E-state index in [0.29, 0.717) is 5.57 Å². The molecule has 0 spiro atoms. The van der Waals surface area contributed by atoms with Crippen LogP contribution in [0.4, 0.5) is 0 Å². The zero-order valence-corrected chi connectivity index (χ0v) is 11.5. The fraction of sp³-hybridized carbons (Fsp3) is 0.600. The number of rotatable bonds is 1. The molecule has 3 rings (SSSR count). The number of fused-ring (bicyclic) bond motifs is 2. The summed E-state index contributed by atoms with van der Waals surface area (Å²) in [7, 11) is -3.83. The summed E-state index contributed by atoms with van der Waals surface area (Å²) in [5.74, 6) is 0.00949. The molecule has 0 aromatic carbocycles. The number of alkyl halides is 3. The average molecular weight is 302 g/mol. The molecule has 16 heavy (non-hydrogen) atoms. The summed E-state index contributed by atoms with van der Waals surface area (Å²) in [6, 6.07) is 0. The van der Waals surface area contributed by atoms with Crippen LogP contribution in [0, 0.1) is 11.8 Å². The highest BCUT2D eigenvalue weighted by Crippen LogP contribution is 2.48. The predicted octanol–water partition coefficient (Wildman–Crippen LogP) is 3.25. The van der Waals surface area contributed by atoms with E-state index in [1.807, 2.05) is 12.2 Å². The summed E-state index contributed by atoms with van der Waals surface area (Å²) in [6.07, 6.45) is 5.65. The van der Waals surface area contributed by atoms with Gasteiger partial charge in [0.2, 0.25) is 9.84 Å². The SMILES string of the molecule is C=C1[C@H]2C=C[C@H](CC2)[C@H]1S(=O)(=O)C(Cl)(Cl)Cl. The molecule has 0 amide bonds. The molecule has 0 saturated heterocycles. The maximum atomic E-state index is 12.1. The van der Waals surface area contributed by atoms with Crippen molar-refractivity contribution in [3.05, 3.63) is 24.3 Å². The number of halogens is 3. The molecular formula is C10H11Cl3O2S. The molecule has 0 heterocycles. The van der Waals surface area contributed by atoms with E-state index in [9.17, 15) is 8.42 Å². The molecule has 3 aliphatic rings. The van der Waals surface area contributed by atoms with Crippen LogP contribution in [0.2, 0.25) is 0 Å². The summed E-state index contributed by atoms with van der Waals surface area (Å²) in [6.45, 7) is 3.85. The van der Waals surface area contributed by atoms with Crippen molar-refractivity contribution >= 4 is 44.6 Å². The van der Waals surface area contributed by atoms with E-state index in [1.165, 1.54) is 0 Å². The van der Waals surface area contributed by atoms with Gasteiger partial charge in [0.1, 0.15) is 0 Å². The van der Waals surface area contributed by atoms with Crippen LogP contribution in [0.25, 0.3) is 0 Å². The fourth-order valence-corrected chi connectivity index (χ4v) is 4.87. The van der Waals surface area contributed by atoms with Gasteiger partial charge in [0.05, 0.1) is 5.25 Å². The van der Waals surface area contributed by atoms with E-state index in [0.717, 1.165) is 12.8 Å². The zero-order chi connectivity index (χ0) is 12.1. The van der Waals surface area contributed by atoms with Gasteiger partial charge in [-0.3, -0.25) is 0 Å². The summed E-state index contributed by atoms with van der Waals surface area (Å²) in [5, 5.41) is -0.747. The highest BCUT2D eigenvalue weighted by molar-refractivity contribution is 7.98. The van der Waals surface area contributed by atoms with Crippen molar-refractivity contribution in [3.63, 3.8) is 0 Å². The molecule has 1 saturated carbocycles. The highest BCUT2D eigenvalue weighted by Gasteiger charge is 2.51. The first kappa shape index (κ1) is 12.7. The molecule has 0 aromatic heterocycles. The normalized spacial score (nSPS) is 34.4. The molecule has 0 unspecified atom stereocenters. The predicted molar refractivity (Wildman–Crippen MR) is 67.5 cm³/mol. The minimum Gasteiger partial charge on any atom is -0.224 e. The van der Waals surface area contributed by atoms with Gasteiger partial charge in [-0.25, -0.2) is 8.42 Å². The lowest BCUT2D eigenvalue weighted by Crippen LogP contribution is -2.44. The van der Waals surface area contributed by atoms with Gasteiger partial charge in [0, 0.05) is 0 Å². The maximum absolute atomic E-state index is 12.1. The van der Waals surface area contributed by atoms with Gasteiger partial charge in [-0.2, -0.15) is 0 Å². The van der Waals surface area contributed by atoms with Crippen molar-refractivity contribution in [3.8, 4) is 0 Å². The molecule has 0 aromatic rings. The number of allylic oxidation sites excluding steroid dienone is 2. The molecule has 3 aliphatic carbocycles. The summed E-state index contributed by atoms with van der Waals surface area (Å²) in [5.41, 5.74) is 0.657. The molecule has 2 bridgehead atoms. The molecule has 0 aliphatic heterocycles. The van der Waals surface area contributed by atoms with Crippen molar-refractivity contribution in [1.82, 2.24) is 0 Å². The monoisotopic (exact) mass is 300 g/mol. The standard InChI is InChI=1S/C10H11Cl3O2S/c1-6-7-2-4-8(5-3-7)9(6)16(14,15)10(11,12)13/h2,4,7-9H,1,3,5H2/t7-,8+,9-/m0/s1. The topological polar surface area (TPSA) is 34.1 Å². The number of hydrogen-bond acceptors (Lipinski definition) is 2. The molecule has 6 heteroatoms. The Morgan fingerprint density at radius 3 is 2.25 bits per heavy atom. The molecule has 2 nitrogen and oxygen atoms in total. The lowest BCUT2D eigenvalue weighted by atomic mass is 9.73. The fourth-order valence-electron chi connectivity index (χ4n) is 2.46. The third-order valence-corrected chi connectivity index (χ3v) is 7.19. The summed E-state index contributed by atoms with van der Waals surface area (Å²) < 4.78 is 22.0. The number of hydrogen-bond donors (Lipinski definition) is 0. The van der Waals surface area contributed by atoms with Crippen LogP contribution >= 0.6 is 34.8 Å². The molecular weight excluding hydrogens is 291 g/mol. The van der Waals surface area contributed by atoms with E-state index in [-0.39, 0.29) is 11.8 Å². The van der Waals surface area contributed by atoms with Crippen molar-refractivity contribution in [1.29, 1.82) is 0 Å². The van der Waals surface area contributed by atoms with Gasteiger partial charge < -0.3 is 0 Å². The number of sulfone groups is 1. The van der Waals surface area contributed by atoms with E-state index in [4.69, 9.17) is 34.8 Å². The van der Waals surface area contributed by atoms with Crippen molar-refractivity contribution in [2.45, 2.75) is 21.2 Å². The van der Waals surface area contributed by atoms with Gasteiger partial charge in [0.15, 0.2) is 0 Å². The molecule has 0 N–H and O–H groups in total. The first-order valence-electron chi connectivity index (χ1n) is 4.92. The average Bonchev–Trinajstić information content (AvgIpc) is 2.16. The maximum Gasteiger partial charge on any atom is 0.293 e. The lowest BCUT2D eigenvalue weighted by molar-refractivity contribution is 0.407. The van der Waals surface area contributed by atoms with Crippen LogP contribution in [0.3, 0.4) is 0 Å². The second-order valence-corrected chi connectivity index (χ2v) is 9.38. The van der Waals surface area contributed by atoms with Crippen LogP contribution in [0.15, 0.2) is 24.3 Å². The lowest BCUT2D eigenvalue weighted by Gasteiger charge is -2.40. The smallest absolute Gasteiger partial charge is 0.224 e. The van der Waals surface area contributed by atoms with E-state index >= 15 is 0 Å². The minimum atomic E-state index is -3.83. The van der Waals surface area contributed by atoms with Crippen LogP contribution in [0.5, 0.6) is 0 Å². The second-order valence-electron chi connectivity index (χ2n) is 4.22. The van der Waals surface area contributed by atoms with E-state index in [2.05, 4.69) is 6.58 Å². The minimum absolute atomic E-state index is 0.0990. The first-order valence-corrected chi connectivity index (χ1v) is 7.60. The van der Waals surface area contributed by atoms with Crippen LogP contribution in [-0.2, 0) is 9.84 Å². The Balaban J connectivity index is 2.44. The van der Waals surface area contributed by atoms with Crippen LogP contribution in [0.1, 0.15) is 12.8 Å². The Bertz CT molecular complexity index is 447. The third-order valence-electron chi connectivity index (χ3n) is 3.29. The Hall–Kier alpha value is 0.300. The quantitative estimate of drug-likeness (QED) is 0.550. The van der Waals surface area contributed by atoms with Crippen molar-refractivity contribution < 1.29 is 8.42 Å². The molecule has 1 fully saturated rings. The van der Waals surface area contributed by atoms with Gasteiger partial charge in [-0.05, 0) is 24.7 Å². The van der Waals surface area contributed by atoms with Gasteiger partial charge in [-0.15, -0.1) is 0 Å². The summed E-state index contributed by atoms with van der Waals surface area (Å²) >= 11 is 16.6. The Morgan fingerprint density at radius 1 is 1.25 bits per heavy atom. The second kappa shape index (κ2) is 3.91. The Kier molecular flexibility index (Phi) is 3.11. The van der Waals surface area contributed by atoms with Gasteiger partial charge >= 0.3 is 0 Å². The molecule has 3 atom stereocenters. The van der Waals surface area contributed by atoms with Crippen molar-refractivity contribution in [2.75, 3.05) is 0 Å². The molecule has 90 valence electrons. The van der Waals surface area contributed by atoms with E-state index < -0.39 is 18.2 Å². The van der Waals surface area contributed by atoms with Crippen LogP contribution < -0.4 is 0 Å². The Morgan fingerprint density at radius 2 is 1.88 bits per heavy atom. The molecule has 0 radical (unpaired) electrons. The van der Waals surface area contributed by atoms with Gasteiger partial charge in [0.25, 0.3) is 3.12 Å². The van der Waals surface area contributed by atoms with Crippen LogP contribution in [-0.4, -0.2) is 16.8 Å². The largest absolute Gasteiger partial charge is 0.293 e. The zero-order valence-electron chi connectivity index (χ0n) is 8.37. The summed E-state index contributed by atoms with van der Waals surface area (Å²) in [4.78, 5) is 0. The van der Waals surface area contributed by atoms with Crippen molar-refractivity contribution in [2.24, 2.45) is 11.8 Å². The third kappa shape index (κ3) is 1.82. The first-order chi connectivity index (χ1) is 7.25. The van der Waals surface area contributed by atoms with Gasteiger partial charge in [-0.1, -0.05) is 59.1 Å².